The monoisotopic (exact) mass is 310 g/mol. The molecule has 0 radical (unpaired) electrons. The molecule has 3 heteroatoms. The van der Waals surface area contributed by atoms with Gasteiger partial charge in [0.2, 0.25) is 0 Å². The number of halogens is 2. The third-order valence-electron chi connectivity index (χ3n) is 2.37. The number of hydrogen-bond acceptors (Lipinski definition) is 1. The van der Waals surface area contributed by atoms with Gasteiger partial charge in [-0.2, -0.15) is 0 Å². The fourth-order valence-electron chi connectivity index (χ4n) is 1.58. The molecule has 0 aliphatic carbocycles. The van der Waals surface area contributed by atoms with Crippen LogP contribution in [0.25, 0.3) is 11.1 Å². The van der Waals surface area contributed by atoms with E-state index in [1.165, 1.54) is 5.56 Å². The lowest BCUT2D eigenvalue weighted by atomic mass is 10.1. The number of alkyl halides is 1. The van der Waals surface area contributed by atoms with Crippen molar-refractivity contribution in [3.63, 3.8) is 0 Å². The van der Waals surface area contributed by atoms with Crippen LogP contribution < -0.4 is 4.74 Å². The molecule has 0 saturated carbocycles. The van der Waals surface area contributed by atoms with Crippen molar-refractivity contribution in [2.24, 2.45) is 0 Å². The summed E-state index contributed by atoms with van der Waals surface area (Å²) in [4.78, 5) is 0. The zero-order valence-electron chi connectivity index (χ0n) is 9.20. The van der Waals surface area contributed by atoms with Crippen molar-refractivity contribution in [3.8, 4) is 16.9 Å². The maximum absolute atomic E-state index is 5.59. The van der Waals surface area contributed by atoms with E-state index in [9.17, 15) is 0 Å². The van der Waals surface area contributed by atoms with Gasteiger partial charge in [0, 0.05) is 0 Å². The molecule has 0 spiro atoms. The molecule has 2 aromatic rings. The van der Waals surface area contributed by atoms with Crippen molar-refractivity contribution in [1.82, 2.24) is 0 Å². The second-order valence-electron chi connectivity index (χ2n) is 3.55. The molecule has 2 rings (SSSR count). The van der Waals surface area contributed by atoms with E-state index >= 15 is 0 Å². The van der Waals surface area contributed by atoms with Gasteiger partial charge in [0.25, 0.3) is 0 Å². The molecule has 0 unspecified atom stereocenters. The van der Waals surface area contributed by atoms with E-state index in [4.69, 9.17) is 16.3 Å². The Balaban J connectivity index is 2.25. The van der Waals surface area contributed by atoms with Gasteiger partial charge in [-0.25, -0.2) is 0 Å². The van der Waals surface area contributed by atoms with Crippen LogP contribution in [-0.2, 0) is 0 Å². The number of ether oxygens (including phenoxy) is 1. The van der Waals surface area contributed by atoms with E-state index < -0.39 is 0 Å². The van der Waals surface area contributed by atoms with E-state index in [0.717, 1.165) is 15.8 Å². The van der Waals surface area contributed by atoms with Gasteiger partial charge in [0.05, 0.1) is 10.4 Å². The third-order valence-corrected chi connectivity index (χ3v) is 3.15. The molecular weight excluding hydrogens is 300 g/mol. The van der Waals surface area contributed by atoms with Crippen LogP contribution in [0.3, 0.4) is 0 Å². The topological polar surface area (TPSA) is 9.23 Å². The number of rotatable bonds is 4. The SMILES string of the molecule is ClCCOc1ccc(-c2ccccc2)cc1Br. The fourth-order valence-corrected chi connectivity index (χ4v) is 2.15. The number of benzene rings is 2. The van der Waals surface area contributed by atoms with Crippen molar-refractivity contribution < 1.29 is 4.74 Å². The van der Waals surface area contributed by atoms with Crippen LogP contribution in [0.2, 0.25) is 0 Å². The Labute approximate surface area is 115 Å². The van der Waals surface area contributed by atoms with Crippen molar-refractivity contribution in [2.45, 2.75) is 0 Å². The third kappa shape index (κ3) is 3.24. The molecule has 1 nitrogen and oxygen atoms in total. The summed E-state index contributed by atoms with van der Waals surface area (Å²) in [5, 5.41) is 0. The first-order chi connectivity index (χ1) is 8.31. The summed E-state index contributed by atoms with van der Waals surface area (Å²) >= 11 is 9.10. The Kier molecular flexibility index (Phi) is 4.46. The number of hydrogen-bond donors (Lipinski definition) is 0. The predicted molar refractivity (Wildman–Crippen MR) is 75.8 cm³/mol. The smallest absolute Gasteiger partial charge is 0.133 e. The molecule has 88 valence electrons. The fraction of sp³-hybridized carbons (Fsp3) is 0.143. The van der Waals surface area contributed by atoms with Crippen LogP contribution in [0.15, 0.2) is 53.0 Å². The zero-order chi connectivity index (χ0) is 12.1. The normalized spacial score (nSPS) is 10.2. The minimum Gasteiger partial charge on any atom is -0.491 e. The Morgan fingerprint density at radius 1 is 1.00 bits per heavy atom. The van der Waals surface area contributed by atoms with E-state index in [1.54, 1.807) is 0 Å². The van der Waals surface area contributed by atoms with Crippen molar-refractivity contribution in [2.75, 3.05) is 12.5 Å². The summed E-state index contributed by atoms with van der Waals surface area (Å²) in [5.41, 5.74) is 2.35. The molecule has 0 atom stereocenters. The van der Waals surface area contributed by atoms with Gasteiger partial charge < -0.3 is 4.74 Å². The van der Waals surface area contributed by atoms with Gasteiger partial charge in [0.1, 0.15) is 12.4 Å². The van der Waals surface area contributed by atoms with Crippen molar-refractivity contribution >= 4 is 27.5 Å². The highest BCUT2D eigenvalue weighted by molar-refractivity contribution is 9.10. The summed E-state index contributed by atoms with van der Waals surface area (Å²) in [5.74, 6) is 1.32. The van der Waals surface area contributed by atoms with Crippen LogP contribution in [0.1, 0.15) is 0 Å². The first-order valence-electron chi connectivity index (χ1n) is 5.35. The Hall–Kier alpha value is -0.990. The van der Waals surface area contributed by atoms with E-state index in [2.05, 4.69) is 34.1 Å². The molecule has 0 aliphatic heterocycles. The van der Waals surface area contributed by atoms with E-state index in [0.29, 0.717) is 12.5 Å². The zero-order valence-corrected chi connectivity index (χ0v) is 11.5. The minimum absolute atomic E-state index is 0.493. The second-order valence-corrected chi connectivity index (χ2v) is 4.78. The lowest BCUT2D eigenvalue weighted by molar-refractivity contribution is 0.340. The van der Waals surface area contributed by atoms with Gasteiger partial charge in [-0.1, -0.05) is 36.4 Å². The van der Waals surface area contributed by atoms with Gasteiger partial charge in [0.15, 0.2) is 0 Å². The predicted octanol–water partition coefficient (Wildman–Crippen LogP) is 4.73. The van der Waals surface area contributed by atoms with Crippen LogP contribution in [0.5, 0.6) is 5.75 Å². The van der Waals surface area contributed by atoms with Crippen molar-refractivity contribution in [3.05, 3.63) is 53.0 Å². The molecule has 0 aliphatic rings. The van der Waals surface area contributed by atoms with Gasteiger partial charge >= 0.3 is 0 Å². The Morgan fingerprint density at radius 3 is 2.41 bits per heavy atom. The van der Waals surface area contributed by atoms with Gasteiger partial charge in [-0.15, -0.1) is 11.6 Å². The Bertz CT molecular complexity index is 485. The maximum atomic E-state index is 5.59. The minimum atomic E-state index is 0.493. The molecular formula is C14H12BrClO. The maximum Gasteiger partial charge on any atom is 0.133 e. The second kappa shape index (κ2) is 6.08. The highest BCUT2D eigenvalue weighted by Gasteiger charge is 2.03. The van der Waals surface area contributed by atoms with Crippen LogP contribution in [0, 0.1) is 0 Å². The molecule has 0 N–H and O–H groups in total. The summed E-state index contributed by atoms with van der Waals surface area (Å²) < 4.78 is 6.45. The standard InChI is InChI=1S/C14H12BrClO/c15-13-10-12(11-4-2-1-3-5-11)6-7-14(13)17-9-8-16/h1-7,10H,8-9H2. The lowest BCUT2D eigenvalue weighted by Gasteiger charge is -2.08. The molecule has 0 aromatic heterocycles. The first kappa shape index (κ1) is 12.5. The largest absolute Gasteiger partial charge is 0.491 e. The van der Waals surface area contributed by atoms with E-state index in [-0.39, 0.29) is 0 Å². The molecule has 0 amide bonds. The first-order valence-corrected chi connectivity index (χ1v) is 6.68. The quantitative estimate of drug-likeness (QED) is 0.741. The van der Waals surface area contributed by atoms with E-state index in [1.807, 2.05) is 30.3 Å². The molecule has 2 aromatic carbocycles. The summed E-state index contributed by atoms with van der Waals surface area (Å²) in [6.45, 7) is 0.519. The van der Waals surface area contributed by atoms with Crippen molar-refractivity contribution in [1.29, 1.82) is 0 Å². The molecule has 0 heterocycles. The van der Waals surface area contributed by atoms with Crippen LogP contribution >= 0.6 is 27.5 Å². The summed E-state index contributed by atoms with van der Waals surface area (Å²) in [7, 11) is 0. The summed E-state index contributed by atoms with van der Waals surface area (Å²) in [6, 6.07) is 16.3. The highest BCUT2D eigenvalue weighted by atomic mass is 79.9. The molecule has 0 saturated heterocycles. The highest BCUT2D eigenvalue weighted by Crippen LogP contribution is 2.30. The van der Waals surface area contributed by atoms with Gasteiger partial charge in [-0.3, -0.25) is 0 Å². The molecule has 0 bridgehead atoms. The average Bonchev–Trinajstić information content (AvgIpc) is 2.38. The van der Waals surface area contributed by atoms with Crippen LogP contribution in [-0.4, -0.2) is 12.5 Å². The van der Waals surface area contributed by atoms with Crippen LogP contribution in [0.4, 0.5) is 0 Å². The molecule has 0 fully saturated rings. The molecule has 17 heavy (non-hydrogen) atoms. The summed E-state index contributed by atoms with van der Waals surface area (Å²) in [6.07, 6.45) is 0. The van der Waals surface area contributed by atoms with Gasteiger partial charge in [-0.05, 0) is 39.2 Å². The lowest BCUT2D eigenvalue weighted by Crippen LogP contribution is -1.98. The average molecular weight is 312 g/mol. The Morgan fingerprint density at radius 2 is 1.76 bits per heavy atom.